The van der Waals surface area contributed by atoms with Gasteiger partial charge in [0.25, 0.3) is 11.8 Å². The molecular weight excluding hydrogens is 520 g/mol. The fourth-order valence-corrected chi connectivity index (χ4v) is 4.22. The largest absolute Gasteiger partial charge is 0.495 e. The molecule has 0 fully saturated rings. The standard InChI is InChI=1S/C33H32N2O6/c1-5-23-15-18-28(31(19-23)40-21-24-11-7-6-8-12-24)35(3)33(38)25-16-17-27(30(20-25)39-4)34-32(37)26-13-9-10-14-29(26)41-22(2)36/h6-20H,5,21H2,1-4H3,(H,34,37). The molecule has 0 saturated heterocycles. The van der Waals surface area contributed by atoms with E-state index in [4.69, 9.17) is 14.2 Å². The second kappa shape index (κ2) is 13.3. The molecule has 0 radical (unpaired) electrons. The van der Waals surface area contributed by atoms with Crippen molar-refractivity contribution in [3.8, 4) is 17.2 Å². The molecule has 0 aliphatic rings. The van der Waals surface area contributed by atoms with Gasteiger partial charge in [-0.05, 0) is 60.0 Å². The van der Waals surface area contributed by atoms with Crippen LogP contribution in [0.4, 0.5) is 11.4 Å². The molecule has 4 aromatic carbocycles. The summed E-state index contributed by atoms with van der Waals surface area (Å²) in [6, 6.07) is 26.8. The van der Waals surface area contributed by atoms with E-state index in [0.717, 1.165) is 17.5 Å². The Morgan fingerprint density at radius 3 is 2.24 bits per heavy atom. The lowest BCUT2D eigenvalue weighted by atomic mass is 10.1. The number of carbonyl (C=O) groups excluding carboxylic acids is 3. The van der Waals surface area contributed by atoms with E-state index >= 15 is 0 Å². The zero-order valence-corrected chi connectivity index (χ0v) is 23.5. The van der Waals surface area contributed by atoms with Gasteiger partial charge in [0, 0.05) is 19.5 Å². The number of aryl methyl sites for hydroxylation is 1. The van der Waals surface area contributed by atoms with Gasteiger partial charge in [0.1, 0.15) is 23.9 Å². The van der Waals surface area contributed by atoms with Gasteiger partial charge in [-0.2, -0.15) is 0 Å². The molecule has 4 rings (SSSR count). The van der Waals surface area contributed by atoms with Crippen LogP contribution in [0.2, 0.25) is 0 Å². The van der Waals surface area contributed by atoms with Gasteiger partial charge in [-0.15, -0.1) is 0 Å². The van der Waals surface area contributed by atoms with Crippen molar-refractivity contribution in [3.05, 3.63) is 113 Å². The van der Waals surface area contributed by atoms with E-state index in [1.54, 1.807) is 43.4 Å². The summed E-state index contributed by atoms with van der Waals surface area (Å²) in [5, 5.41) is 2.77. The van der Waals surface area contributed by atoms with Gasteiger partial charge in [0.15, 0.2) is 0 Å². The topological polar surface area (TPSA) is 94.2 Å². The summed E-state index contributed by atoms with van der Waals surface area (Å²) in [6.07, 6.45) is 0.829. The fourth-order valence-electron chi connectivity index (χ4n) is 4.22. The molecule has 4 aromatic rings. The molecule has 41 heavy (non-hydrogen) atoms. The van der Waals surface area contributed by atoms with Crippen LogP contribution in [0, 0.1) is 0 Å². The van der Waals surface area contributed by atoms with E-state index in [9.17, 15) is 14.4 Å². The third-order valence-electron chi connectivity index (χ3n) is 6.42. The first kappa shape index (κ1) is 28.9. The molecular formula is C33H32N2O6. The summed E-state index contributed by atoms with van der Waals surface area (Å²) in [4.78, 5) is 39.6. The number of rotatable bonds is 10. The molecule has 8 heteroatoms. The number of ether oxygens (including phenoxy) is 3. The Morgan fingerprint density at radius 2 is 1.54 bits per heavy atom. The van der Waals surface area contributed by atoms with Crippen LogP contribution in [0.15, 0.2) is 91.0 Å². The van der Waals surface area contributed by atoms with Crippen LogP contribution in [-0.4, -0.2) is 31.9 Å². The second-order valence-corrected chi connectivity index (χ2v) is 9.25. The highest BCUT2D eigenvalue weighted by atomic mass is 16.5. The minimum Gasteiger partial charge on any atom is -0.495 e. The van der Waals surface area contributed by atoms with Crippen molar-refractivity contribution in [2.24, 2.45) is 0 Å². The third kappa shape index (κ3) is 7.10. The van der Waals surface area contributed by atoms with Gasteiger partial charge >= 0.3 is 5.97 Å². The third-order valence-corrected chi connectivity index (χ3v) is 6.42. The van der Waals surface area contributed by atoms with Crippen molar-refractivity contribution in [1.29, 1.82) is 0 Å². The molecule has 0 aliphatic carbocycles. The number of esters is 1. The summed E-state index contributed by atoms with van der Waals surface area (Å²) in [7, 11) is 3.14. The molecule has 0 spiro atoms. The predicted molar refractivity (Wildman–Crippen MR) is 158 cm³/mol. The first-order chi connectivity index (χ1) is 19.8. The Morgan fingerprint density at radius 1 is 0.805 bits per heavy atom. The Bertz CT molecular complexity index is 1550. The van der Waals surface area contributed by atoms with Gasteiger partial charge in [0.2, 0.25) is 0 Å². The van der Waals surface area contributed by atoms with Gasteiger partial charge in [0.05, 0.1) is 24.0 Å². The van der Waals surface area contributed by atoms with Crippen LogP contribution >= 0.6 is 0 Å². The first-order valence-corrected chi connectivity index (χ1v) is 13.1. The van der Waals surface area contributed by atoms with Crippen LogP contribution < -0.4 is 24.4 Å². The van der Waals surface area contributed by atoms with Crippen molar-refractivity contribution in [1.82, 2.24) is 0 Å². The molecule has 1 N–H and O–H groups in total. The number of para-hydroxylation sites is 1. The van der Waals surface area contributed by atoms with E-state index in [2.05, 4.69) is 12.2 Å². The molecule has 0 aliphatic heterocycles. The number of amides is 2. The smallest absolute Gasteiger partial charge is 0.308 e. The number of carbonyl (C=O) groups is 3. The highest BCUT2D eigenvalue weighted by molar-refractivity contribution is 6.09. The van der Waals surface area contributed by atoms with E-state index < -0.39 is 11.9 Å². The van der Waals surface area contributed by atoms with Gasteiger partial charge < -0.3 is 24.4 Å². The molecule has 0 unspecified atom stereocenters. The van der Waals surface area contributed by atoms with Crippen LogP contribution in [0.5, 0.6) is 17.2 Å². The Labute approximate surface area is 239 Å². The summed E-state index contributed by atoms with van der Waals surface area (Å²) in [5.74, 6) is -0.268. The van der Waals surface area contributed by atoms with Gasteiger partial charge in [-0.3, -0.25) is 14.4 Å². The Kier molecular flexibility index (Phi) is 9.37. The maximum atomic E-state index is 13.6. The number of nitrogens with zero attached hydrogens (tertiary/aromatic N) is 1. The van der Waals surface area contributed by atoms with E-state index in [1.165, 1.54) is 25.0 Å². The van der Waals surface area contributed by atoms with Crippen LogP contribution in [0.1, 0.15) is 45.7 Å². The Balaban J connectivity index is 1.56. The molecule has 0 aromatic heterocycles. The predicted octanol–water partition coefficient (Wildman–Crippen LogP) is 6.29. The zero-order chi connectivity index (χ0) is 29.4. The first-order valence-electron chi connectivity index (χ1n) is 13.1. The second-order valence-electron chi connectivity index (χ2n) is 9.25. The zero-order valence-electron chi connectivity index (χ0n) is 23.5. The summed E-state index contributed by atoms with van der Waals surface area (Å²) < 4.78 is 16.8. The van der Waals surface area contributed by atoms with Gasteiger partial charge in [-0.25, -0.2) is 0 Å². The summed E-state index contributed by atoms with van der Waals surface area (Å²) >= 11 is 0. The minimum atomic E-state index is -0.534. The van der Waals surface area contributed by atoms with Crippen molar-refractivity contribution in [2.45, 2.75) is 26.9 Å². The Hall–Kier alpha value is -5.11. The fraction of sp³-hybridized carbons (Fsp3) is 0.182. The summed E-state index contributed by atoms with van der Waals surface area (Å²) in [6.45, 7) is 3.69. The number of anilines is 2. The molecule has 0 heterocycles. The van der Waals surface area contributed by atoms with Crippen LogP contribution in [0.25, 0.3) is 0 Å². The summed E-state index contributed by atoms with van der Waals surface area (Å²) in [5.41, 5.74) is 3.64. The van der Waals surface area contributed by atoms with Gasteiger partial charge in [-0.1, -0.05) is 55.5 Å². The van der Waals surface area contributed by atoms with Crippen LogP contribution in [-0.2, 0) is 17.8 Å². The SMILES string of the molecule is CCc1ccc(N(C)C(=O)c2ccc(NC(=O)c3ccccc3OC(C)=O)c(OC)c2)c(OCc2ccccc2)c1. The molecule has 0 bridgehead atoms. The highest BCUT2D eigenvalue weighted by Crippen LogP contribution is 2.33. The molecule has 0 saturated carbocycles. The number of nitrogens with one attached hydrogen (secondary N) is 1. The van der Waals surface area contributed by atoms with E-state index in [0.29, 0.717) is 35.0 Å². The lowest BCUT2D eigenvalue weighted by Crippen LogP contribution is -2.27. The van der Waals surface area contributed by atoms with Crippen molar-refractivity contribution in [2.75, 3.05) is 24.4 Å². The van der Waals surface area contributed by atoms with Crippen molar-refractivity contribution >= 4 is 29.2 Å². The highest BCUT2D eigenvalue weighted by Gasteiger charge is 2.21. The average molecular weight is 553 g/mol. The normalized spacial score (nSPS) is 10.4. The maximum Gasteiger partial charge on any atom is 0.308 e. The maximum absolute atomic E-state index is 13.6. The van der Waals surface area contributed by atoms with E-state index in [1.807, 2.05) is 48.5 Å². The van der Waals surface area contributed by atoms with Crippen molar-refractivity contribution < 1.29 is 28.6 Å². The quantitative estimate of drug-likeness (QED) is 0.184. The minimum absolute atomic E-state index is 0.143. The van der Waals surface area contributed by atoms with Crippen molar-refractivity contribution in [3.63, 3.8) is 0 Å². The number of hydrogen-bond donors (Lipinski definition) is 1. The molecule has 2 amide bonds. The average Bonchev–Trinajstić information content (AvgIpc) is 2.99. The number of methoxy groups -OCH3 is 1. The molecule has 210 valence electrons. The monoisotopic (exact) mass is 552 g/mol. The number of hydrogen-bond acceptors (Lipinski definition) is 6. The van der Waals surface area contributed by atoms with Crippen LogP contribution in [0.3, 0.4) is 0 Å². The molecule has 0 atom stereocenters. The van der Waals surface area contributed by atoms with E-state index in [-0.39, 0.29) is 17.2 Å². The molecule has 8 nitrogen and oxygen atoms in total. The number of benzene rings is 4. The lowest BCUT2D eigenvalue weighted by Gasteiger charge is -2.22. The lowest BCUT2D eigenvalue weighted by molar-refractivity contribution is -0.131.